The molecule has 1 aliphatic heterocycles. The number of alkyl halides is 2. The molecule has 1 atom stereocenters. The van der Waals surface area contributed by atoms with E-state index in [0.717, 1.165) is 30.3 Å². The molecule has 0 aliphatic carbocycles. The van der Waals surface area contributed by atoms with Crippen LogP contribution in [0.15, 0.2) is 40.8 Å². The van der Waals surface area contributed by atoms with Crippen molar-refractivity contribution in [3.63, 3.8) is 0 Å². The number of carbonyl (C=O) groups excluding carboxylic acids is 1. The van der Waals surface area contributed by atoms with E-state index < -0.39 is 18.1 Å². The largest absolute Gasteiger partial charge is 0.415 e. The maximum Gasteiger partial charge on any atom is 0.318 e. The average Bonchev–Trinajstić information content (AvgIpc) is 3.35. The number of benzene rings is 2. The Bertz CT molecular complexity index is 1210. The predicted molar refractivity (Wildman–Crippen MR) is 125 cm³/mol. The average molecular weight is 508 g/mol. The van der Waals surface area contributed by atoms with E-state index in [4.69, 9.17) is 16.0 Å². The van der Waals surface area contributed by atoms with E-state index in [1.807, 2.05) is 25.1 Å². The highest BCUT2D eigenvalue weighted by Crippen LogP contribution is 2.29. The van der Waals surface area contributed by atoms with Crippen LogP contribution in [0, 0.1) is 12.7 Å². The second-order valence-corrected chi connectivity index (χ2v) is 8.73. The fourth-order valence-corrected chi connectivity index (χ4v) is 4.20. The Morgan fingerprint density at radius 3 is 2.69 bits per heavy atom. The summed E-state index contributed by atoms with van der Waals surface area (Å²) in [6, 6.07) is 9.32. The van der Waals surface area contributed by atoms with E-state index >= 15 is 0 Å². The summed E-state index contributed by atoms with van der Waals surface area (Å²) in [7, 11) is 0. The fraction of sp³-hybridized carbons (Fsp3) is 0.375. The highest BCUT2D eigenvalue weighted by Gasteiger charge is 2.31. The summed E-state index contributed by atoms with van der Waals surface area (Å²) in [6.07, 6.45) is -2.91. The molecule has 0 saturated carbocycles. The molecule has 0 bridgehead atoms. The van der Waals surface area contributed by atoms with Gasteiger partial charge in [-0.05, 0) is 42.8 Å². The van der Waals surface area contributed by atoms with Gasteiger partial charge in [0.1, 0.15) is 5.82 Å². The zero-order chi connectivity index (χ0) is 25.1. The molecule has 2 heterocycles. The molecule has 1 unspecified atom stereocenters. The quantitative estimate of drug-likeness (QED) is 0.486. The molecule has 186 valence electrons. The minimum atomic E-state index is -2.91. The van der Waals surface area contributed by atoms with Crippen LogP contribution in [0.2, 0.25) is 5.02 Å². The van der Waals surface area contributed by atoms with Crippen LogP contribution < -0.4 is 5.32 Å². The van der Waals surface area contributed by atoms with Crippen LogP contribution in [-0.4, -0.2) is 52.2 Å². The number of urea groups is 1. The Hall–Kier alpha value is -3.11. The molecular formula is C24H25ClF3N5O2. The highest BCUT2D eigenvalue weighted by molar-refractivity contribution is 6.31. The van der Waals surface area contributed by atoms with Gasteiger partial charge in [-0.15, -0.1) is 10.2 Å². The molecule has 0 spiro atoms. The summed E-state index contributed by atoms with van der Waals surface area (Å²) in [5, 5.41) is 10.2. The zero-order valence-corrected chi connectivity index (χ0v) is 20.0. The van der Waals surface area contributed by atoms with Crippen LogP contribution in [0.5, 0.6) is 0 Å². The number of halogens is 4. The molecule has 1 N–H and O–H groups in total. The number of nitrogens with zero attached hydrogens (tertiary/aromatic N) is 4. The van der Waals surface area contributed by atoms with Crippen LogP contribution >= 0.6 is 11.6 Å². The maximum atomic E-state index is 14.7. The molecule has 3 aromatic rings. The van der Waals surface area contributed by atoms with Gasteiger partial charge >= 0.3 is 12.5 Å². The van der Waals surface area contributed by atoms with Crippen molar-refractivity contribution in [3.05, 3.63) is 69.8 Å². The summed E-state index contributed by atoms with van der Waals surface area (Å²) >= 11 is 6.34. The molecular weight excluding hydrogens is 483 g/mol. The Balaban J connectivity index is 1.46. The van der Waals surface area contributed by atoms with Gasteiger partial charge in [0.2, 0.25) is 5.89 Å². The van der Waals surface area contributed by atoms with Gasteiger partial charge in [-0.3, -0.25) is 4.90 Å². The second kappa shape index (κ2) is 10.7. The van der Waals surface area contributed by atoms with Crippen LogP contribution in [0.1, 0.15) is 42.0 Å². The Kier molecular flexibility index (Phi) is 7.61. The monoisotopic (exact) mass is 507 g/mol. The Morgan fingerprint density at radius 1 is 1.23 bits per heavy atom. The van der Waals surface area contributed by atoms with Gasteiger partial charge in [0.15, 0.2) is 0 Å². The lowest BCUT2D eigenvalue weighted by Crippen LogP contribution is -2.53. The number of hydrogen-bond donors (Lipinski definition) is 1. The van der Waals surface area contributed by atoms with Crippen molar-refractivity contribution in [2.75, 3.05) is 26.2 Å². The lowest BCUT2D eigenvalue weighted by Gasteiger charge is -2.41. The fourth-order valence-electron chi connectivity index (χ4n) is 4.01. The van der Waals surface area contributed by atoms with Crippen molar-refractivity contribution in [3.8, 4) is 11.5 Å². The van der Waals surface area contributed by atoms with E-state index in [-0.39, 0.29) is 35.6 Å². The van der Waals surface area contributed by atoms with Crippen molar-refractivity contribution < 1.29 is 22.4 Å². The Labute approximate surface area is 205 Å². The molecule has 35 heavy (non-hydrogen) atoms. The molecule has 2 amide bonds. The first-order chi connectivity index (χ1) is 16.8. The number of aryl methyl sites for hydroxylation is 1. The standard InChI is InChI=1S/C24H25ClF3N5O2/c1-3-32-8-9-33(20(13-32)15-5-4-14(2)18(25)10-15)24(34)29-12-17-7-6-16(11-19(17)26)22-30-31-23(35-22)21(27)28/h4-7,10-11,20-21H,3,8-9,12-13H2,1-2H3,(H,29,34). The summed E-state index contributed by atoms with van der Waals surface area (Å²) in [4.78, 5) is 17.1. The number of carbonyl (C=O) groups is 1. The molecule has 1 fully saturated rings. The van der Waals surface area contributed by atoms with Gasteiger partial charge in [0.25, 0.3) is 5.89 Å². The lowest BCUT2D eigenvalue weighted by molar-refractivity contribution is 0.0968. The lowest BCUT2D eigenvalue weighted by atomic mass is 10.0. The van der Waals surface area contributed by atoms with Crippen molar-refractivity contribution in [1.82, 2.24) is 25.3 Å². The first kappa shape index (κ1) is 25.0. The van der Waals surface area contributed by atoms with Crippen LogP contribution in [0.25, 0.3) is 11.5 Å². The van der Waals surface area contributed by atoms with Crippen molar-refractivity contribution in [2.24, 2.45) is 0 Å². The van der Waals surface area contributed by atoms with E-state index in [1.54, 1.807) is 4.90 Å². The maximum absolute atomic E-state index is 14.7. The first-order valence-electron chi connectivity index (χ1n) is 11.2. The minimum Gasteiger partial charge on any atom is -0.415 e. The van der Waals surface area contributed by atoms with Crippen LogP contribution in [-0.2, 0) is 6.54 Å². The van der Waals surface area contributed by atoms with Gasteiger partial charge in [0, 0.05) is 42.3 Å². The van der Waals surface area contributed by atoms with Crippen LogP contribution in [0.3, 0.4) is 0 Å². The van der Waals surface area contributed by atoms with Gasteiger partial charge < -0.3 is 14.6 Å². The number of likely N-dealkylation sites (N-methyl/N-ethyl adjacent to an activating group) is 1. The van der Waals surface area contributed by atoms with Crippen molar-refractivity contribution >= 4 is 17.6 Å². The molecule has 4 rings (SSSR count). The number of hydrogen-bond acceptors (Lipinski definition) is 5. The van der Waals surface area contributed by atoms with E-state index in [0.29, 0.717) is 18.1 Å². The van der Waals surface area contributed by atoms with E-state index in [2.05, 4.69) is 27.3 Å². The van der Waals surface area contributed by atoms with Crippen molar-refractivity contribution in [1.29, 1.82) is 0 Å². The third kappa shape index (κ3) is 5.59. The molecule has 11 heteroatoms. The van der Waals surface area contributed by atoms with Crippen LogP contribution in [0.4, 0.5) is 18.0 Å². The molecule has 0 radical (unpaired) electrons. The highest BCUT2D eigenvalue weighted by atomic mass is 35.5. The summed E-state index contributed by atoms with van der Waals surface area (Å²) in [5.41, 5.74) is 2.30. The normalized spacial score (nSPS) is 16.7. The topological polar surface area (TPSA) is 74.5 Å². The number of amides is 2. The molecule has 2 aromatic carbocycles. The number of nitrogens with one attached hydrogen (secondary N) is 1. The van der Waals surface area contributed by atoms with Gasteiger partial charge in [-0.2, -0.15) is 8.78 Å². The summed E-state index contributed by atoms with van der Waals surface area (Å²) in [6.45, 7) is 6.72. The van der Waals surface area contributed by atoms with Crippen molar-refractivity contribution in [2.45, 2.75) is 32.9 Å². The predicted octanol–water partition coefficient (Wildman–Crippen LogP) is 5.36. The molecule has 1 aliphatic rings. The summed E-state index contributed by atoms with van der Waals surface area (Å²) < 4.78 is 44.9. The van der Waals surface area contributed by atoms with Gasteiger partial charge in [-0.25, -0.2) is 9.18 Å². The molecule has 1 saturated heterocycles. The SMILES string of the molecule is CCN1CCN(C(=O)NCc2ccc(-c3nnc(C(F)F)o3)cc2F)C(c2ccc(C)c(Cl)c2)C1. The molecule has 7 nitrogen and oxygen atoms in total. The third-order valence-electron chi connectivity index (χ3n) is 6.11. The zero-order valence-electron chi connectivity index (χ0n) is 19.3. The summed E-state index contributed by atoms with van der Waals surface area (Å²) in [5.74, 6) is -1.66. The third-order valence-corrected chi connectivity index (χ3v) is 6.52. The smallest absolute Gasteiger partial charge is 0.318 e. The second-order valence-electron chi connectivity index (χ2n) is 8.32. The van der Waals surface area contributed by atoms with E-state index in [9.17, 15) is 18.0 Å². The van der Waals surface area contributed by atoms with Gasteiger partial charge in [-0.1, -0.05) is 36.7 Å². The number of aromatic nitrogens is 2. The first-order valence-corrected chi connectivity index (χ1v) is 11.6. The number of piperazine rings is 1. The van der Waals surface area contributed by atoms with Gasteiger partial charge in [0.05, 0.1) is 6.04 Å². The van der Waals surface area contributed by atoms with E-state index in [1.165, 1.54) is 12.1 Å². The number of rotatable bonds is 6. The Morgan fingerprint density at radius 2 is 2.03 bits per heavy atom. The minimum absolute atomic E-state index is 0.0492. The molecule has 1 aromatic heterocycles.